The van der Waals surface area contributed by atoms with Crippen molar-refractivity contribution in [3.63, 3.8) is 0 Å². The number of aliphatic hydroxyl groups excluding tert-OH is 2. The molecule has 10 atom stereocenters. The minimum Gasteiger partial charge on any atom is -0.508 e. The Balaban J connectivity index is 1.90. The first-order valence-electron chi connectivity index (χ1n) is 25.2. The number of carboxylic acid groups (broad SMARTS) is 1. The van der Waals surface area contributed by atoms with Gasteiger partial charge in [0, 0.05) is 44.1 Å². The van der Waals surface area contributed by atoms with Crippen molar-refractivity contribution in [2.45, 2.75) is 159 Å². The number of carboxylic acids is 1. The van der Waals surface area contributed by atoms with Crippen LogP contribution in [0.1, 0.15) is 97.2 Å². The number of nitrogens with zero attached hydrogens (tertiary/aromatic N) is 2. The van der Waals surface area contributed by atoms with E-state index < -0.39 is 132 Å². The number of H-pyrrole nitrogens is 1. The Labute approximate surface area is 444 Å². The SMILES string of the molecule is CC(C)C[C@H](NC(=O)[C@H](CCC(N)=O)NC(=O)[C@@H](N)CCC(N)=O)C(=O)N[C@@H](Cc1cnc[nH]1)C(=O)N[C@@H](CO)C(=O)N[C@@H](Cc1ccc(O)cc1)C(=O)N1CCC[C@H]1C(=O)N[C@@H](CC(C)C)C(=O)N[C@H](C(=O)O)[C@@H](C)O. The summed E-state index contributed by atoms with van der Waals surface area (Å²) in [5.74, 6) is -10.8. The number of hydrogen-bond donors (Lipinski definition) is 15. The van der Waals surface area contributed by atoms with E-state index in [1.807, 2.05) is 0 Å². The highest BCUT2D eigenvalue weighted by molar-refractivity contribution is 5.98. The second kappa shape index (κ2) is 30.7. The minimum atomic E-state index is -1.78. The first-order valence-corrected chi connectivity index (χ1v) is 25.2. The van der Waals surface area contributed by atoms with Crippen molar-refractivity contribution >= 4 is 65.0 Å². The van der Waals surface area contributed by atoms with E-state index in [9.17, 15) is 73.2 Å². The molecule has 0 bridgehead atoms. The number of imidazole rings is 1. The van der Waals surface area contributed by atoms with Crippen LogP contribution in [0.3, 0.4) is 0 Å². The number of amides is 10. The van der Waals surface area contributed by atoms with Crippen molar-refractivity contribution in [3.05, 3.63) is 48.0 Å². The van der Waals surface area contributed by atoms with Crippen LogP contribution in [0.4, 0.5) is 0 Å². The van der Waals surface area contributed by atoms with Crippen LogP contribution in [-0.2, 0) is 65.6 Å². The maximum atomic E-state index is 14.6. The predicted molar refractivity (Wildman–Crippen MR) is 272 cm³/mol. The lowest BCUT2D eigenvalue weighted by Crippen LogP contribution is -2.61. The summed E-state index contributed by atoms with van der Waals surface area (Å²) in [7, 11) is 0. The Morgan fingerprint density at radius 1 is 0.675 bits per heavy atom. The summed E-state index contributed by atoms with van der Waals surface area (Å²) in [5.41, 5.74) is 17.1. The van der Waals surface area contributed by atoms with Gasteiger partial charge in [0.15, 0.2) is 6.04 Å². The molecule has 426 valence electrons. The van der Waals surface area contributed by atoms with Crippen molar-refractivity contribution < 1.29 is 73.2 Å². The lowest BCUT2D eigenvalue weighted by Gasteiger charge is -2.31. The third-order valence-corrected chi connectivity index (χ3v) is 12.3. The Morgan fingerprint density at radius 3 is 1.73 bits per heavy atom. The van der Waals surface area contributed by atoms with Gasteiger partial charge in [-0.2, -0.15) is 0 Å². The molecule has 18 N–H and O–H groups in total. The number of likely N-dealkylation sites (tertiary alicyclic amines) is 1. The van der Waals surface area contributed by atoms with E-state index in [4.69, 9.17) is 17.2 Å². The highest BCUT2D eigenvalue weighted by Gasteiger charge is 2.41. The molecule has 2 heterocycles. The molecule has 0 radical (unpaired) electrons. The molecule has 1 aromatic heterocycles. The molecule has 2 aromatic rings. The molecule has 28 heteroatoms. The maximum absolute atomic E-state index is 14.6. The van der Waals surface area contributed by atoms with Crippen molar-refractivity contribution in [3.8, 4) is 5.75 Å². The highest BCUT2D eigenvalue weighted by atomic mass is 16.4. The molecule has 77 heavy (non-hydrogen) atoms. The monoisotopic (exact) mass is 1090 g/mol. The highest BCUT2D eigenvalue weighted by Crippen LogP contribution is 2.22. The third kappa shape index (κ3) is 21.1. The number of phenols is 1. The number of benzene rings is 1. The molecule has 1 aromatic carbocycles. The van der Waals surface area contributed by atoms with E-state index in [0.29, 0.717) is 17.7 Å². The van der Waals surface area contributed by atoms with Gasteiger partial charge in [0.25, 0.3) is 0 Å². The fourth-order valence-corrected chi connectivity index (χ4v) is 8.26. The van der Waals surface area contributed by atoms with E-state index >= 15 is 0 Å². The van der Waals surface area contributed by atoms with Crippen LogP contribution in [0.25, 0.3) is 0 Å². The standard InChI is InChI=1S/C49H75N13O15/c1-24(2)17-32(56-42(69)31(13-15-39(52)67)55-41(68)30(50)12-14-38(51)66)43(70)57-34(20-28-21-53-23-54-28)44(71)60-36(22-63)46(73)59-35(19-27-8-10-29(65)11-9-27)48(75)62-16-6-7-37(62)47(74)58-33(18-25(3)4)45(72)61-40(26(5)64)49(76)77/h8-11,21,23-26,30-37,40,63-65H,6-7,12-20,22,50H2,1-5H3,(H2,51,66)(H2,52,67)(H,53,54)(H,55,68)(H,56,69)(H,57,70)(H,58,74)(H,59,73)(H,60,71)(H,61,72)(H,76,77)/t26-,30+,31+,32+,33+,34+,35+,36+,37+,40+/m1/s1. The molecule has 10 amide bonds. The molecule has 1 fully saturated rings. The van der Waals surface area contributed by atoms with E-state index in [-0.39, 0.29) is 81.9 Å². The number of nitrogens with two attached hydrogens (primary N) is 3. The number of aromatic hydroxyl groups is 1. The molecule has 0 aliphatic carbocycles. The van der Waals surface area contributed by atoms with E-state index in [1.165, 1.54) is 48.6 Å². The molecule has 1 saturated heterocycles. The van der Waals surface area contributed by atoms with Crippen LogP contribution in [0.15, 0.2) is 36.8 Å². The van der Waals surface area contributed by atoms with Crippen LogP contribution in [0, 0.1) is 11.8 Å². The van der Waals surface area contributed by atoms with Crippen LogP contribution in [0.5, 0.6) is 5.75 Å². The number of rotatable bonds is 32. The first kappa shape index (κ1) is 63.6. The second-order valence-electron chi connectivity index (χ2n) is 19.8. The smallest absolute Gasteiger partial charge is 0.328 e. The van der Waals surface area contributed by atoms with E-state index in [1.54, 1.807) is 27.7 Å². The first-order chi connectivity index (χ1) is 36.2. The predicted octanol–water partition coefficient (Wildman–Crippen LogP) is -4.31. The lowest BCUT2D eigenvalue weighted by molar-refractivity contribution is -0.146. The number of hydrogen-bond acceptors (Lipinski definition) is 16. The average molecular weight is 1090 g/mol. The number of aromatic nitrogens is 2. The average Bonchev–Trinajstić information content (AvgIpc) is 4.07. The number of carbonyl (C=O) groups is 11. The van der Waals surface area contributed by atoms with Crippen molar-refractivity contribution in [2.24, 2.45) is 29.0 Å². The Bertz CT molecular complexity index is 2370. The topological polar surface area (TPSA) is 463 Å². The molecular weight excluding hydrogens is 1010 g/mol. The zero-order valence-electron chi connectivity index (χ0n) is 43.8. The Kier molecular flexibility index (Phi) is 25.4. The van der Waals surface area contributed by atoms with Crippen molar-refractivity contribution in [1.29, 1.82) is 0 Å². The Morgan fingerprint density at radius 2 is 1.18 bits per heavy atom. The van der Waals surface area contributed by atoms with Gasteiger partial charge in [0.05, 0.1) is 25.1 Å². The lowest BCUT2D eigenvalue weighted by atomic mass is 10.0. The van der Waals surface area contributed by atoms with Gasteiger partial charge in [-0.1, -0.05) is 39.8 Å². The third-order valence-electron chi connectivity index (χ3n) is 12.3. The fraction of sp³-hybridized carbons (Fsp3) is 0.592. The zero-order chi connectivity index (χ0) is 57.7. The maximum Gasteiger partial charge on any atom is 0.328 e. The van der Waals surface area contributed by atoms with Gasteiger partial charge >= 0.3 is 5.97 Å². The van der Waals surface area contributed by atoms with Crippen molar-refractivity contribution in [2.75, 3.05) is 13.2 Å². The molecule has 3 rings (SSSR count). The van der Waals surface area contributed by atoms with Gasteiger partial charge in [-0.05, 0) is 75.0 Å². The normalized spacial score (nSPS) is 16.8. The van der Waals surface area contributed by atoms with E-state index in [2.05, 4.69) is 47.2 Å². The van der Waals surface area contributed by atoms with Crippen LogP contribution >= 0.6 is 0 Å². The van der Waals surface area contributed by atoms with Gasteiger partial charge in [-0.3, -0.25) is 47.9 Å². The Hall–Kier alpha value is -7.72. The van der Waals surface area contributed by atoms with Gasteiger partial charge in [0.2, 0.25) is 59.1 Å². The second-order valence-corrected chi connectivity index (χ2v) is 19.8. The van der Waals surface area contributed by atoms with Gasteiger partial charge < -0.3 is 84.7 Å². The summed E-state index contributed by atoms with van der Waals surface area (Å²) < 4.78 is 0. The molecular formula is C49H75N13O15. The number of nitrogens with one attached hydrogen (secondary N) is 8. The molecule has 0 spiro atoms. The fourth-order valence-electron chi connectivity index (χ4n) is 8.26. The number of aromatic amines is 1. The largest absolute Gasteiger partial charge is 0.508 e. The molecule has 0 unspecified atom stereocenters. The number of carbonyl (C=O) groups excluding carboxylic acids is 10. The van der Waals surface area contributed by atoms with Crippen molar-refractivity contribution in [1.82, 2.24) is 52.1 Å². The summed E-state index contributed by atoms with van der Waals surface area (Å²) in [5, 5.41) is 57.4. The van der Waals surface area contributed by atoms with E-state index in [0.717, 1.165) is 0 Å². The quantitative estimate of drug-likeness (QED) is 0.0330. The summed E-state index contributed by atoms with van der Waals surface area (Å²) in [6.07, 6.45) is 0.0825. The summed E-state index contributed by atoms with van der Waals surface area (Å²) in [6, 6.07) is -7.39. The zero-order valence-corrected chi connectivity index (χ0v) is 43.8. The molecule has 1 aliphatic heterocycles. The summed E-state index contributed by atoms with van der Waals surface area (Å²) in [6.45, 7) is 7.15. The number of phenolic OH excluding ortho intramolecular Hbond substituents is 1. The van der Waals surface area contributed by atoms with Crippen LogP contribution in [0.2, 0.25) is 0 Å². The number of aliphatic carboxylic acids is 1. The van der Waals surface area contributed by atoms with Gasteiger partial charge in [-0.25, -0.2) is 9.78 Å². The molecule has 0 saturated carbocycles. The number of primary amides is 2. The van der Waals surface area contributed by atoms with Crippen LogP contribution < -0.4 is 54.4 Å². The van der Waals surface area contributed by atoms with Crippen LogP contribution in [-0.4, -0.2) is 174 Å². The number of aliphatic hydroxyl groups is 2. The van der Waals surface area contributed by atoms with Gasteiger partial charge in [-0.15, -0.1) is 0 Å². The summed E-state index contributed by atoms with van der Waals surface area (Å²) in [4.78, 5) is 154. The summed E-state index contributed by atoms with van der Waals surface area (Å²) >= 11 is 0. The molecule has 1 aliphatic rings. The minimum absolute atomic E-state index is 0.0195. The molecule has 28 nitrogen and oxygen atoms in total. The van der Waals surface area contributed by atoms with Gasteiger partial charge in [0.1, 0.15) is 48.0 Å².